The Kier molecular flexibility index (Phi) is 4.68. The Morgan fingerprint density at radius 2 is 2.08 bits per heavy atom. The maximum absolute atomic E-state index is 4.48. The summed E-state index contributed by atoms with van der Waals surface area (Å²) < 4.78 is 2.26. The van der Waals surface area contributed by atoms with Gasteiger partial charge in [0.1, 0.15) is 5.82 Å². The van der Waals surface area contributed by atoms with E-state index in [1.54, 1.807) is 0 Å². The number of aryl methyl sites for hydroxylation is 1. The fraction of sp³-hybridized carbons (Fsp3) is 0.526. The predicted molar refractivity (Wildman–Crippen MR) is 98.5 cm³/mol. The van der Waals surface area contributed by atoms with Crippen LogP contribution < -0.4 is 5.32 Å². The number of nitrogens with one attached hydrogen (secondary N) is 1. The second-order valence-corrected chi connectivity index (χ2v) is 6.88. The molecule has 3 heterocycles. The molecule has 2 aliphatic rings. The van der Waals surface area contributed by atoms with Gasteiger partial charge in [-0.3, -0.25) is 4.99 Å². The van der Waals surface area contributed by atoms with Gasteiger partial charge in [-0.25, -0.2) is 0 Å². The highest BCUT2D eigenvalue weighted by atomic mass is 15.3. The van der Waals surface area contributed by atoms with Gasteiger partial charge in [-0.2, -0.15) is 0 Å². The van der Waals surface area contributed by atoms with Crippen LogP contribution in [-0.4, -0.2) is 45.8 Å². The second-order valence-electron chi connectivity index (χ2n) is 6.88. The number of aliphatic imine (C=N–C) groups is 1. The van der Waals surface area contributed by atoms with E-state index in [9.17, 15) is 0 Å². The molecule has 1 N–H and O–H groups in total. The van der Waals surface area contributed by atoms with E-state index in [0.29, 0.717) is 12.5 Å². The highest BCUT2D eigenvalue weighted by molar-refractivity contribution is 5.80. The third kappa shape index (κ3) is 3.38. The van der Waals surface area contributed by atoms with Gasteiger partial charge in [0.25, 0.3) is 0 Å². The number of fused-ring (bicyclic) bond motifs is 1. The van der Waals surface area contributed by atoms with Gasteiger partial charge in [-0.05, 0) is 24.8 Å². The van der Waals surface area contributed by atoms with Crippen molar-refractivity contribution in [2.75, 3.05) is 20.1 Å². The fourth-order valence-corrected chi connectivity index (χ4v) is 3.94. The van der Waals surface area contributed by atoms with Crippen LogP contribution in [0.5, 0.6) is 0 Å². The van der Waals surface area contributed by atoms with E-state index in [0.717, 1.165) is 43.7 Å². The molecule has 132 valence electrons. The normalized spacial score (nSPS) is 20.6. The first kappa shape index (κ1) is 16.1. The standard InChI is InChI=1S/C19H26N6/c1-20-19(21-13-18-23-22-17-9-5-6-11-25(17)18)24-12-10-16(14-24)15-7-3-2-4-8-15/h2-4,7-8,16H,5-6,9-14H2,1H3,(H,20,21). The molecule has 25 heavy (non-hydrogen) atoms. The summed E-state index contributed by atoms with van der Waals surface area (Å²) in [6, 6.07) is 10.8. The van der Waals surface area contributed by atoms with Crippen LogP contribution >= 0.6 is 0 Å². The molecular formula is C19H26N6. The van der Waals surface area contributed by atoms with Crippen molar-refractivity contribution in [3.05, 3.63) is 47.5 Å². The van der Waals surface area contributed by atoms with Crippen LogP contribution in [-0.2, 0) is 19.5 Å². The van der Waals surface area contributed by atoms with Crippen molar-refractivity contribution in [2.24, 2.45) is 4.99 Å². The first-order valence-corrected chi connectivity index (χ1v) is 9.26. The molecule has 1 saturated heterocycles. The molecule has 6 heteroatoms. The van der Waals surface area contributed by atoms with E-state index in [1.165, 1.54) is 24.8 Å². The van der Waals surface area contributed by atoms with Gasteiger partial charge in [0.15, 0.2) is 11.8 Å². The zero-order chi connectivity index (χ0) is 17.1. The molecule has 0 aliphatic carbocycles. The first-order valence-electron chi connectivity index (χ1n) is 9.26. The van der Waals surface area contributed by atoms with Crippen LogP contribution in [0.3, 0.4) is 0 Å². The Morgan fingerprint density at radius 1 is 1.20 bits per heavy atom. The Morgan fingerprint density at radius 3 is 2.92 bits per heavy atom. The molecule has 0 bridgehead atoms. The van der Waals surface area contributed by atoms with Crippen LogP contribution in [0.15, 0.2) is 35.3 Å². The first-order chi connectivity index (χ1) is 12.3. The molecule has 2 aliphatic heterocycles. The van der Waals surface area contributed by atoms with Crippen LogP contribution in [0, 0.1) is 0 Å². The lowest BCUT2D eigenvalue weighted by Gasteiger charge is -2.22. The number of hydrogen-bond acceptors (Lipinski definition) is 3. The van der Waals surface area contributed by atoms with Crippen molar-refractivity contribution in [2.45, 2.75) is 44.7 Å². The summed E-state index contributed by atoms with van der Waals surface area (Å²) in [5, 5.41) is 12.2. The zero-order valence-electron chi connectivity index (χ0n) is 14.9. The SMILES string of the molecule is CN=C(NCc1nnc2n1CCCC2)N1CCC(c2ccccc2)C1. The highest BCUT2D eigenvalue weighted by Gasteiger charge is 2.26. The summed E-state index contributed by atoms with van der Waals surface area (Å²) in [4.78, 5) is 6.84. The molecule has 1 fully saturated rings. The number of guanidine groups is 1. The number of aromatic nitrogens is 3. The molecule has 4 rings (SSSR count). The van der Waals surface area contributed by atoms with E-state index in [4.69, 9.17) is 0 Å². The summed E-state index contributed by atoms with van der Waals surface area (Å²) in [7, 11) is 1.86. The van der Waals surface area contributed by atoms with Gasteiger partial charge in [0, 0.05) is 39.0 Å². The smallest absolute Gasteiger partial charge is 0.194 e. The molecule has 1 unspecified atom stereocenters. The molecule has 1 aromatic heterocycles. The fourth-order valence-electron chi connectivity index (χ4n) is 3.94. The van der Waals surface area contributed by atoms with Crippen molar-refractivity contribution < 1.29 is 0 Å². The summed E-state index contributed by atoms with van der Waals surface area (Å²) in [5.41, 5.74) is 1.42. The third-order valence-corrected chi connectivity index (χ3v) is 5.31. The van der Waals surface area contributed by atoms with Gasteiger partial charge in [0.05, 0.1) is 6.54 Å². The minimum absolute atomic E-state index is 0.584. The van der Waals surface area contributed by atoms with Crippen molar-refractivity contribution in [1.29, 1.82) is 0 Å². The number of likely N-dealkylation sites (tertiary alicyclic amines) is 1. The van der Waals surface area contributed by atoms with Gasteiger partial charge < -0.3 is 14.8 Å². The van der Waals surface area contributed by atoms with Crippen molar-refractivity contribution in [3.8, 4) is 0 Å². The van der Waals surface area contributed by atoms with Crippen LogP contribution in [0.25, 0.3) is 0 Å². The quantitative estimate of drug-likeness (QED) is 0.688. The van der Waals surface area contributed by atoms with Gasteiger partial charge in [-0.15, -0.1) is 10.2 Å². The van der Waals surface area contributed by atoms with Crippen molar-refractivity contribution >= 4 is 5.96 Å². The molecule has 0 saturated carbocycles. The third-order valence-electron chi connectivity index (χ3n) is 5.31. The summed E-state index contributed by atoms with van der Waals surface area (Å²) in [6.07, 6.45) is 4.66. The van der Waals surface area contributed by atoms with Crippen molar-refractivity contribution in [1.82, 2.24) is 25.0 Å². The molecule has 6 nitrogen and oxygen atoms in total. The lowest BCUT2D eigenvalue weighted by molar-refractivity contribution is 0.475. The van der Waals surface area contributed by atoms with Gasteiger partial charge >= 0.3 is 0 Å². The molecule has 0 amide bonds. The van der Waals surface area contributed by atoms with E-state index in [2.05, 4.69) is 60.3 Å². The van der Waals surface area contributed by atoms with E-state index < -0.39 is 0 Å². The lowest BCUT2D eigenvalue weighted by atomic mass is 9.99. The molecule has 0 radical (unpaired) electrons. The maximum Gasteiger partial charge on any atom is 0.194 e. The molecule has 2 aromatic rings. The van der Waals surface area contributed by atoms with Crippen LogP contribution in [0.1, 0.15) is 42.4 Å². The summed E-state index contributed by atoms with van der Waals surface area (Å²) in [5.74, 6) is 3.70. The number of benzene rings is 1. The van der Waals surface area contributed by atoms with E-state index in [-0.39, 0.29) is 0 Å². The van der Waals surface area contributed by atoms with Crippen LogP contribution in [0.2, 0.25) is 0 Å². The summed E-state index contributed by atoms with van der Waals surface area (Å²) >= 11 is 0. The maximum atomic E-state index is 4.48. The molecule has 0 spiro atoms. The van der Waals surface area contributed by atoms with Gasteiger partial charge in [-0.1, -0.05) is 30.3 Å². The van der Waals surface area contributed by atoms with Crippen LogP contribution in [0.4, 0.5) is 0 Å². The zero-order valence-corrected chi connectivity index (χ0v) is 14.9. The van der Waals surface area contributed by atoms with Crippen molar-refractivity contribution in [3.63, 3.8) is 0 Å². The largest absolute Gasteiger partial charge is 0.349 e. The van der Waals surface area contributed by atoms with E-state index >= 15 is 0 Å². The number of rotatable bonds is 3. The molecular weight excluding hydrogens is 312 g/mol. The monoisotopic (exact) mass is 338 g/mol. The number of nitrogens with zero attached hydrogens (tertiary/aromatic N) is 5. The number of hydrogen-bond donors (Lipinski definition) is 1. The second kappa shape index (κ2) is 7.25. The van der Waals surface area contributed by atoms with Gasteiger partial charge in [0.2, 0.25) is 0 Å². The minimum Gasteiger partial charge on any atom is -0.349 e. The minimum atomic E-state index is 0.584. The molecule has 1 aromatic carbocycles. The predicted octanol–water partition coefficient (Wildman–Crippen LogP) is 2.18. The Hall–Kier alpha value is -2.37. The topological polar surface area (TPSA) is 58.3 Å². The Balaban J connectivity index is 1.38. The Bertz CT molecular complexity index is 736. The molecule has 1 atom stereocenters. The lowest BCUT2D eigenvalue weighted by Crippen LogP contribution is -2.40. The highest BCUT2D eigenvalue weighted by Crippen LogP contribution is 2.26. The van der Waals surface area contributed by atoms with E-state index in [1.807, 2.05) is 7.05 Å². The Labute approximate surface area is 149 Å². The average molecular weight is 338 g/mol. The average Bonchev–Trinajstić information content (AvgIpc) is 3.31. The summed E-state index contributed by atoms with van der Waals surface area (Å²) in [6.45, 7) is 3.78.